The van der Waals surface area contributed by atoms with Crippen LogP contribution in [0, 0.1) is 0 Å². The Morgan fingerprint density at radius 2 is 1.82 bits per heavy atom. The summed E-state index contributed by atoms with van der Waals surface area (Å²) >= 11 is 0. The molecular formula is C15H32N2. The van der Waals surface area contributed by atoms with Crippen molar-refractivity contribution in [3.8, 4) is 0 Å². The molecule has 0 amide bonds. The van der Waals surface area contributed by atoms with E-state index in [0.29, 0.717) is 6.04 Å². The number of nitrogens with one attached hydrogen (secondary N) is 1. The van der Waals surface area contributed by atoms with Gasteiger partial charge in [-0.2, -0.15) is 0 Å². The normalized spacial score (nSPS) is 20.5. The third-order valence-electron chi connectivity index (χ3n) is 4.15. The van der Waals surface area contributed by atoms with Crippen molar-refractivity contribution < 1.29 is 0 Å². The highest BCUT2D eigenvalue weighted by molar-refractivity contribution is 4.72. The van der Waals surface area contributed by atoms with E-state index < -0.39 is 0 Å². The van der Waals surface area contributed by atoms with E-state index in [1.165, 1.54) is 57.9 Å². The van der Waals surface area contributed by atoms with E-state index in [-0.39, 0.29) is 0 Å². The van der Waals surface area contributed by atoms with E-state index in [0.717, 1.165) is 12.6 Å². The minimum atomic E-state index is 0.683. The van der Waals surface area contributed by atoms with Gasteiger partial charge in [0.25, 0.3) is 0 Å². The second-order valence-corrected chi connectivity index (χ2v) is 5.73. The standard InChI is InChI=1S/C15H32N2/c1-4-16-14(2)10-9-13-17(3)15-11-7-5-6-8-12-15/h14-16H,4-13H2,1-3H3. The quantitative estimate of drug-likeness (QED) is 0.686. The van der Waals surface area contributed by atoms with Gasteiger partial charge < -0.3 is 10.2 Å². The van der Waals surface area contributed by atoms with E-state index in [9.17, 15) is 0 Å². The van der Waals surface area contributed by atoms with Crippen molar-refractivity contribution in [2.75, 3.05) is 20.1 Å². The Bertz CT molecular complexity index is 174. The Hall–Kier alpha value is -0.0800. The van der Waals surface area contributed by atoms with Crippen molar-refractivity contribution in [2.24, 2.45) is 0 Å². The van der Waals surface area contributed by atoms with Gasteiger partial charge in [0.1, 0.15) is 0 Å². The van der Waals surface area contributed by atoms with E-state index in [1.807, 2.05) is 0 Å². The third kappa shape index (κ3) is 6.42. The first-order valence-electron chi connectivity index (χ1n) is 7.67. The maximum atomic E-state index is 3.49. The summed E-state index contributed by atoms with van der Waals surface area (Å²) < 4.78 is 0. The summed E-state index contributed by atoms with van der Waals surface area (Å²) in [6, 6.07) is 1.55. The van der Waals surface area contributed by atoms with E-state index in [2.05, 4.69) is 31.1 Å². The first-order chi connectivity index (χ1) is 8.24. The van der Waals surface area contributed by atoms with Crippen LogP contribution in [0.25, 0.3) is 0 Å². The zero-order valence-corrected chi connectivity index (χ0v) is 12.2. The molecule has 0 spiro atoms. The molecule has 0 aromatic heterocycles. The van der Waals surface area contributed by atoms with Crippen LogP contribution in [-0.2, 0) is 0 Å². The molecule has 2 heteroatoms. The first-order valence-corrected chi connectivity index (χ1v) is 7.67. The predicted molar refractivity (Wildman–Crippen MR) is 76.5 cm³/mol. The largest absolute Gasteiger partial charge is 0.315 e. The molecule has 0 heterocycles. The van der Waals surface area contributed by atoms with Gasteiger partial charge in [0.2, 0.25) is 0 Å². The summed E-state index contributed by atoms with van der Waals surface area (Å²) in [5.74, 6) is 0. The Morgan fingerprint density at radius 3 is 2.41 bits per heavy atom. The van der Waals surface area contributed by atoms with Crippen molar-refractivity contribution in [2.45, 2.75) is 77.3 Å². The van der Waals surface area contributed by atoms with Crippen LogP contribution in [0.3, 0.4) is 0 Å². The molecule has 1 aliphatic rings. The van der Waals surface area contributed by atoms with Crippen molar-refractivity contribution >= 4 is 0 Å². The van der Waals surface area contributed by atoms with Gasteiger partial charge in [-0.1, -0.05) is 32.6 Å². The van der Waals surface area contributed by atoms with Crippen LogP contribution in [0.15, 0.2) is 0 Å². The summed E-state index contributed by atoms with van der Waals surface area (Å²) in [4.78, 5) is 2.62. The molecule has 0 radical (unpaired) electrons. The van der Waals surface area contributed by atoms with E-state index in [4.69, 9.17) is 0 Å². The van der Waals surface area contributed by atoms with Gasteiger partial charge in [0.15, 0.2) is 0 Å². The van der Waals surface area contributed by atoms with Crippen molar-refractivity contribution in [1.82, 2.24) is 10.2 Å². The first kappa shape index (κ1) is 15.0. The van der Waals surface area contributed by atoms with E-state index in [1.54, 1.807) is 0 Å². The molecule has 1 aliphatic carbocycles. The Kier molecular flexibility index (Phi) is 7.87. The summed E-state index contributed by atoms with van der Waals surface area (Å²) in [6.07, 6.45) is 11.3. The van der Waals surface area contributed by atoms with Gasteiger partial charge in [-0.05, 0) is 52.7 Å². The Morgan fingerprint density at radius 1 is 1.18 bits per heavy atom. The molecule has 1 N–H and O–H groups in total. The summed E-state index contributed by atoms with van der Waals surface area (Å²) in [6.45, 7) is 6.86. The average Bonchev–Trinajstić information content (AvgIpc) is 2.57. The number of rotatable bonds is 7. The van der Waals surface area contributed by atoms with Crippen LogP contribution < -0.4 is 5.32 Å². The van der Waals surface area contributed by atoms with Crippen molar-refractivity contribution in [3.05, 3.63) is 0 Å². The van der Waals surface area contributed by atoms with Gasteiger partial charge >= 0.3 is 0 Å². The van der Waals surface area contributed by atoms with Crippen LogP contribution in [0.2, 0.25) is 0 Å². The fourth-order valence-electron chi connectivity index (χ4n) is 2.98. The number of hydrogen-bond donors (Lipinski definition) is 1. The van der Waals surface area contributed by atoms with Crippen LogP contribution in [-0.4, -0.2) is 37.1 Å². The van der Waals surface area contributed by atoms with Gasteiger partial charge in [0, 0.05) is 12.1 Å². The molecule has 0 bridgehead atoms. The fourth-order valence-corrected chi connectivity index (χ4v) is 2.98. The highest BCUT2D eigenvalue weighted by Gasteiger charge is 2.16. The predicted octanol–water partition coefficient (Wildman–Crippen LogP) is 3.42. The Labute approximate surface area is 108 Å². The molecule has 1 fully saturated rings. The molecule has 0 aromatic carbocycles. The maximum absolute atomic E-state index is 3.49. The molecule has 2 nitrogen and oxygen atoms in total. The minimum Gasteiger partial charge on any atom is -0.315 e. The lowest BCUT2D eigenvalue weighted by Gasteiger charge is -2.27. The maximum Gasteiger partial charge on any atom is 0.00922 e. The Balaban J connectivity index is 2.12. The monoisotopic (exact) mass is 240 g/mol. The lowest BCUT2D eigenvalue weighted by Crippen LogP contribution is -2.33. The van der Waals surface area contributed by atoms with Gasteiger partial charge in [-0.3, -0.25) is 0 Å². The summed E-state index contributed by atoms with van der Waals surface area (Å²) in [7, 11) is 2.33. The van der Waals surface area contributed by atoms with Crippen LogP contribution in [0.1, 0.15) is 65.2 Å². The second kappa shape index (κ2) is 8.93. The highest BCUT2D eigenvalue weighted by Crippen LogP contribution is 2.21. The molecule has 1 atom stereocenters. The zero-order chi connectivity index (χ0) is 12.5. The summed E-state index contributed by atoms with van der Waals surface area (Å²) in [5.41, 5.74) is 0. The summed E-state index contributed by atoms with van der Waals surface area (Å²) in [5, 5.41) is 3.49. The molecule has 0 saturated heterocycles. The van der Waals surface area contributed by atoms with Crippen LogP contribution >= 0.6 is 0 Å². The van der Waals surface area contributed by atoms with Crippen molar-refractivity contribution in [1.29, 1.82) is 0 Å². The second-order valence-electron chi connectivity index (χ2n) is 5.73. The lowest BCUT2D eigenvalue weighted by atomic mass is 10.1. The average molecular weight is 240 g/mol. The molecule has 1 rings (SSSR count). The smallest absolute Gasteiger partial charge is 0.00922 e. The van der Waals surface area contributed by atoms with Gasteiger partial charge in [-0.15, -0.1) is 0 Å². The van der Waals surface area contributed by atoms with Gasteiger partial charge in [0.05, 0.1) is 0 Å². The molecule has 102 valence electrons. The van der Waals surface area contributed by atoms with Gasteiger partial charge in [-0.25, -0.2) is 0 Å². The molecule has 0 aliphatic heterocycles. The minimum absolute atomic E-state index is 0.683. The molecule has 1 unspecified atom stereocenters. The van der Waals surface area contributed by atoms with Crippen LogP contribution in [0.4, 0.5) is 0 Å². The fraction of sp³-hybridized carbons (Fsp3) is 1.00. The molecule has 0 aromatic rings. The lowest BCUT2D eigenvalue weighted by molar-refractivity contribution is 0.214. The number of nitrogens with zero attached hydrogens (tertiary/aromatic N) is 1. The van der Waals surface area contributed by atoms with Crippen LogP contribution in [0.5, 0.6) is 0 Å². The zero-order valence-electron chi connectivity index (χ0n) is 12.2. The molecular weight excluding hydrogens is 208 g/mol. The molecule has 17 heavy (non-hydrogen) atoms. The third-order valence-corrected chi connectivity index (χ3v) is 4.15. The number of hydrogen-bond acceptors (Lipinski definition) is 2. The highest BCUT2D eigenvalue weighted by atomic mass is 15.1. The van der Waals surface area contributed by atoms with E-state index >= 15 is 0 Å². The topological polar surface area (TPSA) is 15.3 Å². The SMILES string of the molecule is CCNC(C)CCCN(C)C1CCCCCC1. The molecule has 1 saturated carbocycles. The van der Waals surface area contributed by atoms with Crippen molar-refractivity contribution in [3.63, 3.8) is 0 Å².